The Hall–Kier alpha value is -1.76. The van der Waals surface area contributed by atoms with Gasteiger partial charge in [0, 0.05) is 21.1 Å². The summed E-state index contributed by atoms with van der Waals surface area (Å²) in [6.07, 6.45) is 0. The number of hydrogen-bond donors (Lipinski definition) is 1. The predicted octanol–water partition coefficient (Wildman–Crippen LogP) is 6.01. The normalized spacial score (nSPS) is 11.1. The van der Waals surface area contributed by atoms with Gasteiger partial charge in [-0.05, 0) is 23.8 Å². The molecule has 0 aliphatic carbocycles. The Morgan fingerprint density at radius 3 is 2.10 bits per heavy atom. The average Bonchev–Trinajstić information content (AvgIpc) is 2.83. The highest BCUT2D eigenvalue weighted by Crippen LogP contribution is 2.28. The van der Waals surface area contributed by atoms with Crippen molar-refractivity contribution in [1.82, 2.24) is 4.98 Å². The minimum atomic E-state index is -6.00. The Bertz CT molecular complexity index is 725. The molecule has 3 rings (SSSR count). The minimum absolute atomic E-state index is 0. The van der Waals surface area contributed by atoms with Crippen LogP contribution in [0.1, 0.15) is 1.43 Å². The quantitative estimate of drug-likeness (QED) is 0.404. The van der Waals surface area contributed by atoms with Gasteiger partial charge in [0.1, 0.15) is 0 Å². The van der Waals surface area contributed by atoms with Crippen LogP contribution in [0, 0.1) is 0 Å². The van der Waals surface area contributed by atoms with Crippen molar-refractivity contribution in [2.45, 2.75) is 0 Å². The maximum absolute atomic E-state index is 9.75. The van der Waals surface area contributed by atoms with E-state index in [0.717, 1.165) is 15.7 Å². The molecule has 1 nitrogen and oxygen atoms in total. The van der Waals surface area contributed by atoms with Gasteiger partial charge in [-0.3, -0.25) is 0 Å². The molecule has 1 N–H and O–H groups in total. The number of rotatable bonds is 1. The molecule has 0 unspecified atom stereocenters. The monoisotopic (exact) mass is 359 g/mol. The highest BCUT2D eigenvalue weighted by molar-refractivity contribution is 9.10. The summed E-state index contributed by atoms with van der Waals surface area (Å²) in [6, 6.07) is 18.7. The average molecular weight is 360 g/mol. The van der Waals surface area contributed by atoms with Gasteiger partial charge in [0.15, 0.2) is 0 Å². The Balaban J connectivity index is 0.000000356. The van der Waals surface area contributed by atoms with Gasteiger partial charge in [-0.25, -0.2) is 0 Å². The SMILES string of the molecule is Brc1cccc2[nH]c(-c3ccccc3)cc12.F[B-](F)(F)F.[H+]. The Morgan fingerprint density at radius 1 is 0.905 bits per heavy atom. The molecular weight excluding hydrogens is 349 g/mol. The van der Waals surface area contributed by atoms with Crippen LogP contribution < -0.4 is 0 Å². The van der Waals surface area contributed by atoms with E-state index in [1.807, 2.05) is 12.1 Å². The highest BCUT2D eigenvalue weighted by Gasteiger charge is 2.20. The second-order valence-corrected chi connectivity index (χ2v) is 5.10. The zero-order chi connectivity index (χ0) is 15.5. The van der Waals surface area contributed by atoms with Gasteiger partial charge in [0.2, 0.25) is 0 Å². The van der Waals surface area contributed by atoms with Gasteiger partial charge in [0.25, 0.3) is 0 Å². The summed E-state index contributed by atoms with van der Waals surface area (Å²) in [4.78, 5) is 3.42. The molecule has 0 aliphatic rings. The van der Waals surface area contributed by atoms with Crippen molar-refractivity contribution in [2.75, 3.05) is 0 Å². The van der Waals surface area contributed by atoms with E-state index >= 15 is 0 Å². The first kappa shape index (κ1) is 15.6. The molecule has 0 aliphatic heterocycles. The summed E-state index contributed by atoms with van der Waals surface area (Å²) in [6.45, 7) is 0. The first-order chi connectivity index (χ1) is 9.84. The van der Waals surface area contributed by atoms with Crippen molar-refractivity contribution in [2.24, 2.45) is 0 Å². The summed E-state index contributed by atoms with van der Waals surface area (Å²) in [7, 11) is -6.00. The van der Waals surface area contributed by atoms with E-state index in [2.05, 4.69) is 63.4 Å². The lowest BCUT2D eigenvalue weighted by atomic mass is 10.1. The number of halogens is 5. The zero-order valence-electron chi connectivity index (χ0n) is 11.7. The summed E-state index contributed by atoms with van der Waals surface area (Å²) in [5.74, 6) is 0. The van der Waals surface area contributed by atoms with Gasteiger partial charge in [-0.1, -0.05) is 52.3 Å². The van der Waals surface area contributed by atoms with Crippen molar-refractivity contribution in [3.8, 4) is 11.3 Å². The molecule has 0 bridgehead atoms. The molecule has 1 aromatic heterocycles. The maximum Gasteiger partial charge on any atom is 1.00 e. The number of fused-ring (bicyclic) bond motifs is 1. The molecular formula is C14H11BBrF4N. The predicted molar refractivity (Wildman–Crippen MR) is 82.7 cm³/mol. The van der Waals surface area contributed by atoms with E-state index in [4.69, 9.17) is 0 Å². The van der Waals surface area contributed by atoms with Crippen molar-refractivity contribution < 1.29 is 18.7 Å². The fourth-order valence-electron chi connectivity index (χ4n) is 1.89. The van der Waals surface area contributed by atoms with Crippen LogP contribution in [0.25, 0.3) is 22.2 Å². The van der Waals surface area contributed by atoms with Crippen LogP contribution in [0.3, 0.4) is 0 Å². The van der Waals surface area contributed by atoms with Crippen LogP contribution >= 0.6 is 15.9 Å². The maximum atomic E-state index is 9.75. The Labute approximate surface area is 128 Å². The van der Waals surface area contributed by atoms with Crippen molar-refractivity contribution >= 4 is 34.1 Å². The van der Waals surface area contributed by atoms with Crippen LogP contribution in [-0.4, -0.2) is 12.2 Å². The van der Waals surface area contributed by atoms with Gasteiger partial charge in [-0.15, -0.1) is 0 Å². The number of nitrogens with one attached hydrogen (secondary N) is 1. The van der Waals surface area contributed by atoms with Gasteiger partial charge < -0.3 is 22.2 Å². The zero-order valence-corrected chi connectivity index (χ0v) is 12.2. The number of aromatic amines is 1. The molecule has 3 aromatic rings. The number of hydrogen-bond acceptors (Lipinski definition) is 0. The van der Waals surface area contributed by atoms with Crippen molar-refractivity contribution in [3.63, 3.8) is 0 Å². The molecule has 7 heteroatoms. The molecule has 0 spiro atoms. The lowest BCUT2D eigenvalue weighted by Gasteiger charge is -1.94. The van der Waals surface area contributed by atoms with Crippen LogP contribution in [0.5, 0.6) is 0 Å². The summed E-state index contributed by atoms with van der Waals surface area (Å²) in [5.41, 5.74) is 3.53. The van der Waals surface area contributed by atoms with Gasteiger partial charge in [-0.2, -0.15) is 0 Å². The molecule has 0 radical (unpaired) electrons. The fourth-order valence-corrected chi connectivity index (χ4v) is 2.37. The van der Waals surface area contributed by atoms with Gasteiger partial charge in [0.05, 0.1) is 0 Å². The van der Waals surface area contributed by atoms with Crippen LogP contribution in [0.2, 0.25) is 0 Å². The van der Waals surface area contributed by atoms with E-state index in [1.165, 1.54) is 10.9 Å². The summed E-state index contributed by atoms with van der Waals surface area (Å²) < 4.78 is 40.1. The molecule has 0 saturated heterocycles. The van der Waals surface area contributed by atoms with Crippen LogP contribution in [0.15, 0.2) is 59.1 Å². The fraction of sp³-hybridized carbons (Fsp3) is 0. The lowest BCUT2D eigenvalue weighted by Crippen LogP contribution is -2.02. The number of benzene rings is 2. The van der Waals surface area contributed by atoms with Crippen LogP contribution in [-0.2, 0) is 0 Å². The van der Waals surface area contributed by atoms with E-state index < -0.39 is 7.25 Å². The van der Waals surface area contributed by atoms with E-state index in [9.17, 15) is 17.3 Å². The number of aromatic nitrogens is 1. The third-order valence-corrected chi connectivity index (χ3v) is 3.39. The standard InChI is InChI=1S/C14H10BrN.BF4/c15-12-7-4-8-13-11(12)9-14(16-13)10-5-2-1-3-6-10;2-1(3,4)5/h1-9,16H;/q;-1/p+1. The lowest BCUT2D eigenvalue weighted by molar-refractivity contribution is 0.368. The third kappa shape index (κ3) is 4.63. The minimum Gasteiger partial charge on any atom is -0.418 e. The molecule has 21 heavy (non-hydrogen) atoms. The third-order valence-electron chi connectivity index (χ3n) is 2.70. The van der Waals surface area contributed by atoms with Crippen molar-refractivity contribution in [3.05, 3.63) is 59.1 Å². The smallest absolute Gasteiger partial charge is 0.418 e. The molecule has 110 valence electrons. The summed E-state index contributed by atoms with van der Waals surface area (Å²) >= 11 is 3.56. The molecule has 1 heterocycles. The second-order valence-electron chi connectivity index (χ2n) is 4.24. The molecule has 0 amide bonds. The van der Waals surface area contributed by atoms with Crippen LogP contribution in [0.4, 0.5) is 17.3 Å². The van der Waals surface area contributed by atoms with Crippen molar-refractivity contribution in [1.29, 1.82) is 0 Å². The van der Waals surface area contributed by atoms with E-state index in [0.29, 0.717) is 0 Å². The Kier molecular flexibility index (Phi) is 4.72. The molecule has 0 fully saturated rings. The molecule has 0 atom stereocenters. The number of H-pyrrole nitrogens is 1. The first-order valence-corrected chi connectivity index (χ1v) is 6.84. The van der Waals surface area contributed by atoms with Gasteiger partial charge >= 0.3 is 8.68 Å². The largest absolute Gasteiger partial charge is 1.00 e. The second kappa shape index (κ2) is 6.34. The van der Waals surface area contributed by atoms with E-state index in [-0.39, 0.29) is 1.43 Å². The Morgan fingerprint density at radius 2 is 1.52 bits per heavy atom. The highest BCUT2D eigenvalue weighted by atomic mass is 79.9. The first-order valence-electron chi connectivity index (χ1n) is 6.04. The van der Waals surface area contributed by atoms with E-state index in [1.54, 1.807) is 0 Å². The molecule has 0 saturated carbocycles. The summed E-state index contributed by atoms with van der Waals surface area (Å²) in [5, 5.41) is 1.22. The molecule has 2 aromatic carbocycles. The topological polar surface area (TPSA) is 15.8 Å².